The Labute approximate surface area is 137 Å². The summed E-state index contributed by atoms with van der Waals surface area (Å²) < 4.78 is 29.3. The Balaban J connectivity index is 0.00000180. The standard InChI is InChI=1S/C14H16O3S.Na.H/c1-11(2)10-17-18(15,16)14-9-5-7-12-6-3-4-8-13(12)14;;/h3-9,11H,10H2,1-2H3;;/q;+1;-1. The van der Waals surface area contributed by atoms with Crippen LogP contribution in [-0.2, 0) is 14.3 Å². The van der Waals surface area contributed by atoms with E-state index in [4.69, 9.17) is 4.18 Å². The maximum atomic E-state index is 12.1. The molecule has 0 radical (unpaired) electrons. The Kier molecular flexibility index (Phi) is 6.02. The van der Waals surface area contributed by atoms with E-state index in [1.807, 2.05) is 38.1 Å². The number of benzene rings is 2. The number of fused-ring (bicyclic) bond motifs is 1. The summed E-state index contributed by atoms with van der Waals surface area (Å²) in [5, 5.41) is 1.59. The normalized spacial score (nSPS) is 11.5. The van der Waals surface area contributed by atoms with Crippen LogP contribution >= 0.6 is 0 Å². The minimum absolute atomic E-state index is 0. The first kappa shape index (κ1) is 16.7. The fraction of sp³-hybridized carbons (Fsp3) is 0.286. The van der Waals surface area contributed by atoms with E-state index in [0.717, 1.165) is 5.39 Å². The largest absolute Gasteiger partial charge is 1.00 e. The monoisotopic (exact) mass is 288 g/mol. The van der Waals surface area contributed by atoms with Gasteiger partial charge in [0.2, 0.25) is 0 Å². The van der Waals surface area contributed by atoms with Crippen LogP contribution in [0.5, 0.6) is 0 Å². The van der Waals surface area contributed by atoms with Crippen molar-refractivity contribution < 1.29 is 43.6 Å². The van der Waals surface area contributed by atoms with Crippen molar-refractivity contribution in [1.82, 2.24) is 0 Å². The Bertz CT molecular complexity index is 651. The topological polar surface area (TPSA) is 43.4 Å². The third-order valence-electron chi connectivity index (χ3n) is 2.58. The molecule has 2 aromatic carbocycles. The average molecular weight is 288 g/mol. The molecule has 0 saturated carbocycles. The number of hydrogen-bond acceptors (Lipinski definition) is 3. The first-order chi connectivity index (χ1) is 8.50. The molecule has 5 heteroatoms. The minimum atomic E-state index is -3.68. The first-order valence-electron chi connectivity index (χ1n) is 5.88. The van der Waals surface area contributed by atoms with E-state index >= 15 is 0 Å². The Morgan fingerprint density at radius 2 is 1.74 bits per heavy atom. The van der Waals surface area contributed by atoms with Gasteiger partial charge < -0.3 is 1.43 Å². The molecule has 2 rings (SSSR count). The predicted molar refractivity (Wildman–Crippen MR) is 73.0 cm³/mol. The van der Waals surface area contributed by atoms with Gasteiger partial charge in [0.1, 0.15) is 4.90 Å². The molecule has 0 aliphatic rings. The Morgan fingerprint density at radius 3 is 2.42 bits per heavy atom. The van der Waals surface area contributed by atoms with E-state index in [1.54, 1.807) is 18.2 Å². The molecule has 0 unspecified atom stereocenters. The fourth-order valence-electron chi connectivity index (χ4n) is 1.70. The fourth-order valence-corrected chi connectivity index (χ4v) is 2.98. The second-order valence-corrected chi connectivity index (χ2v) is 6.19. The predicted octanol–water partition coefficient (Wildman–Crippen LogP) is 0.318. The third kappa shape index (κ3) is 4.04. The molecular weight excluding hydrogens is 271 g/mol. The zero-order valence-electron chi connectivity index (χ0n) is 12.5. The summed E-state index contributed by atoms with van der Waals surface area (Å²) in [6.07, 6.45) is 0. The molecule has 0 N–H and O–H groups in total. The zero-order chi connectivity index (χ0) is 13.2. The summed E-state index contributed by atoms with van der Waals surface area (Å²) in [4.78, 5) is 0.237. The summed E-state index contributed by atoms with van der Waals surface area (Å²) in [6.45, 7) is 4.03. The molecule has 0 spiro atoms. The molecule has 0 aliphatic carbocycles. The summed E-state index contributed by atoms with van der Waals surface area (Å²) in [5.74, 6) is 0.176. The van der Waals surface area contributed by atoms with Crippen LogP contribution in [0.3, 0.4) is 0 Å². The molecule has 0 saturated heterocycles. The van der Waals surface area contributed by atoms with Crippen molar-refractivity contribution in [3.63, 3.8) is 0 Å². The van der Waals surface area contributed by atoms with Gasteiger partial charge in [0, 0.05) is 5.39 Å². The quantitative estimate of drug-likeness (QED) is 0.601. The van der Waals surface area contributed by atoms with E-state index in [1.165, 1.54) is 0 Å². The summed E-state index contributed by atoms with van der Waals surface area (Å²) >= 11 is 0. The molecular formula is C14H17NaO3S. The smallest absolute Gasteiger partial charge is 1.00 e. The molecule has 0 aliphatic heterocycles. The third-order valence-corrected chi connectivity index (χ3v) is 3.92. The van der Waals surface area contributed by atoms with Gasteiger partial charge in [0.05, 0.1) is 6.61 Å². The van der Waals surface area contributed by atoms with Crippen molar-refractivity contribution in [1.29, 1.82) is 0 Å². The van der Waals surface area contributed by atoms with Gasteiger partial charge in [-0.05, 0) is 17.4 Å². The molecule has 98 valence electrons. The van der Waals surface area contributed by atoms with E-state index in [-0.39, 0.29) is 48.4 Å². The van der Waals surface area contributed by atoms with Gasteiger partial charge in [-0.15, -0.1) is 0 Å². The number of hydrogen-bond donors (Lipinski definition) is 0. The van der Waals surface area contributed by atoms with Crippen LogP contribution in [0.4, 0.5) is 0 Å². The van der Waals surface area contributed by atoms with Crippen LogP contribution in [0.2, 0.25) is 0 Å². The van der Waals surface area contributed by atoms with Gasteiger partial charge in [-0.1, -0.05) is 50.2 Å². The molecule has 19 heavy (non-hydrogen) atoms. The first-order valence-corrected chi connectivity index (χ1v) is 7.29. The average Bonchev–Trinajstić information content (AvgIpc) is 2.36. The van der Waals surface area contributed by atoms with Crippen LogP contribution in [0.1, 0.15) is 15.3 Å². The van der Waals surface area contributed by atoms with Gasteiger partial charge >= 0.3 is 29.6 Å². The van der Waals surface area contributed by atoms with Crippen molar-refractivity contribution in [2.45, 2.75) is 18.7 Å². The minimum Gasteiger partial charge on any atom is -1.00 e. The van der Waals surface area contributed by atoms with Gasteiger partial charge in [0.25, 0.3) is 10.1 Å². The van der Waals surface area contributed by atoms with Crippen LogP contribution in [-0.4, -0.2) is 15.0 Å². The van der Waals surface area contributed by atoms with Gasteiger partial charge in [-0.3, -0.25) is 4.18 Å². The van der Waals surface area contributed by atoms with E-state index in [0.29, 0.717) is 5.39 Å². The Morgan fingerprint density at radius 1 is 1.11 bits per heavy atom. The van der Waals surface area contributed by atoms with Crippen LogP contribution in [0.15, 0.2) is 47.4 Å². The molecule has 0 heterocycles. The van der Waals surface area contributed by atoms with Gasteiger partial charge in [-0.2, -0.15) is 8.42 Å². The maximum absolute atomic E-state index is 12.1. The second-order valence-electron chi connectivity index (χ2n) is 4.61. The van der Waals surface area contributed by atoms with Crippen molar-refractivity contribution in [3.05, 3.63) is 42.5 Å². The maximum Gasteiger partial charge on any atom is 1.00 e. The zero-order valence-corrected chi connectivity index (χ0v) is 14.3. The van der Waals surface area contributed by atoms with Crippen molar-refractivity contribution in [2.75, 3.05) is 6.61 Å². The Hall–Kier alpha value is -0.390. The van der Waals surface area contributed by atoms with Gasteiger partial charge in [0.15, 0.2) is 0 Å². The molecule has 0 bridgehead atoms. The second kappa shape index (κ2) is 6.86. The van der Waals surface area contributed by atoms with Crippen LogP contribution in [0.25, 0.3) is 10.8 Å². The summed E-state index contributed by atoms with van der Waals surface area (Å²) in [7, 11) is -3.68. The van der Waals surface area contributed by atoms with Crippen molar-refractivity contribution in [3.8, 4) is 0 Å². The van der Waals surface area contributed by atoms with E-state index < -0.39 is 10.1 Å². The molecule has 0 aromatic heterocycles. The molecule has 3 nitrogen and oxygen atoms in total. The van der Waals surface area contributed by atoms with E-state index in [2.05, 4.69) is 0 Å². The summed E-state index contributed by atoms with van der Waals surface area (Å²) in [5.41, 5.74) is 0. The van der Waals surface area contributed by atoms with Gasteiger partial charge in [-0.25, -0.2) is 0 Å². The molecule has 0 fully saturated rings. The molecule has 0 atom stereocenters. The number of rotatable bonds is 4. The van der Waals surface area contributed by atoms with Crippen molar-refractivity contribution >= 4 is 20.9 Å². The van der Waals surface area contributed by atoms with Crippen LogP contribution in [0, 0.1) is 5.92 Å². The molecule has 0 amide bonds. The molecule has 2 aromatic rings. The summed E-state index contributed by atoms with van der Waals surface area (Å²) in [6, 6.07) is 12.6. The van der Waals surface area contributed by atoms with Crippen molar-refractivity contribution in [2.24, 2.45) is 5.92 Å². The van der Waals surface area contributed by atoms with E-state index in [9.17, 15) is 8.42 Å². The SMILES string of the molecule is CC(C)COS(=O)(=O)c1cccc2ccccc12.[H-].[Na+]. The van der Waals surface area contributed by atoms with Crippen LogP contribution < -0.4 is 29.6 Å².